The topological polar surface area (TPSA) is 73.6 Å². The largest absolute Gasteiger partial charge is 0.389 e. The van der Waals surface area contributed by atoms with E-state index in [0.717, 1.165) is 89.7 Å². The molecule has 2 heterocycles. The van der Waals surface area contributed by atoms with Gasteiger partial charge in [0.25, 0.3) is 5.91 Å². The first-order valence-corrected chi connectivity index (χ1v) is 12.0. The summed E-state index contributed by atoms with van der Waals surface area (Å²) in [7, 11) is 2.11. The monoisotopic (exact) mass is 417 g/mol. The van der Waals surface area contributed by atoms with Crippen LogP contribution in [0.2, 0.25) is 0 Å². The Hall–Kier alpha value is -1.44. The Morgan fingerprint density at radius 2 is 1.93 bits per heavy atom. The Morgan fingerprint density at radius 3 is 2.63 bits per heavy atom. The van der Waals surface area contributed by atoms with Crippen molar-refractivity contribution in [1.29, 1.82) is 0 Å². The van der Waals surface area contributed by atoms with Gasteiger partial charge in [0.15, 0.2) is 5.69 Å². The maximum atomic E-state index is 13.3. The van der Waals surface area contributed by atoms with E-state index in [1.165, 1.54) is 12.1 Å². The highest BCUT2D eigenvalue weighted by molar-refractivity contribution is 5.94. The van der Waals surface area contributed by atoms with Crippen LogP contribution in [0.3, 0.4) is 0 Å². The number of fused-ring (bicyclic) bond motifs is 1. The van der Waals surface area contributed by atoms with Gasteiger partial charge in [-0.2, -0.15) is 5.10 Å². The molecule has 4 rings (SSSR count). The van der Waals surface area contributed by atoms with Crippen LogP contribution >= 0.6 is 0 Å². The molecule has 1 aliphatic heterocycles. The highest BCUT2D eigenvalue weighted by Crippen LogP contribution is 2.29. The lowest BCUT2D eigenvalue weighted by molar-refractivity contribution is 0.00227. The van der Waals surface area contributed by atoms with Crippen molar-refractivity contribution in [2.45, 2.75) is 82.9 Å². The lowest BCUT2D eigenvalue weighted by Gasteiger charge is -2.35. The molecule has 1 atom stereocenters. The molecule has 1 aromatic heterocycles. The molecule has 7 nitrogen and oxygen atoms in total. The molecule has 0 bridgehead atoms. The van der Waals surface area contributed by atoms with Crippen molar-refractivity contribution in [2.24, 2.45) is 0 Å². The highest BCUT2D eigenvalue weighted by atomic mass is 16.3. The second-order valence-electron chi connectivity index (χ2n) is 9.70. The third kappa shape index (κ3) is 4.73. The molecular formula is C23H39N5O2. The van der Waals surface area contributed by atoms with Gasteiger partial charge in [-0.25, -0.2) is 0 Å². The third-order valence-corrected chi connectivity index (χ3v) is 7.28. The molecule has 1 saturated heterocycles. The normalized spacial score (nSPS) is 24.6. The van der Waals surface area contributed by atoms with Crippen LogP contribution in [0.4, 0.5) is 0 Å². The van der Waals surface area contributed by atoms with Crippen LogP contribution < -0.4 is 5.32 Å². The van der Waals surface area contributed by atoms with E-state index in [-0.39, 0.29) is 5.91 Å². The smallest absolute Gasteiger partial charge is 0.274 e. The zero-order chi connectivity index (χ0) is 21.1. The number of nitrogens with one attached hydrogen (secondary N) is 1. The first-order chi connectivity index (χ1) is 14.5. The van der Waals surface area contributed by atoms with Gasteiger partial charge in [0.05, 0.1) is 5.60 Å². The standard InChI is InChI=1S/C23H39N5O2/c1-3-11-28-20-8-7-18(24-17-23(30)9-5-4-6-10-23)16-19(20)21(25-28)22(29)27-14-12-26(2)13-15-27/h18,24,30H,3-17H2,1-2H3/t18-/m0/s1. The molecule has 1 saturated carbocycles. The molecule has 1 aromatic rings. The van der Waals surface area contributed by atoms with Crippen molar-refractivity contribution in [1.82, 2.24) is 24.9 Å². The lowest BCUT2D eigenvalue weighted by Crippen LogP contribution is -2.48. The third-order valence-electron chi connectivity index (χ3n) is 7.28. The predicted octanol–water partition coefficient (Wildman–Crippen LogP) is 1.82. The number of aromatic nitrogens is 2. The quantitative estimate of drug-likeness (QED) is 0.739. The summed E-state index contributed by atoms with van der Waals surface area (Å²) in [6.45, 7) is 7.10. The molecule has 1 amide bonds. The average molecular weight is 418 g/mol. The fourth-order valence-electron chi connectivity index (χ4n) is 5.31. The molecule has 2 aliphatic carbocycles. The molecule has 2 fully saturated rings. The van der Waals surface area contributed by atoms with Crippen molar-refractivity contribution >= 4 is 5.91 Å². The maximum absolute atomic E-state index is 13.3. The number of carbonyl (C=O) groups excluding carboxylic acids is 1. The van der Waals surface area contributed by atoms with Crippen LogP contribution in [0.5, 0.6) is 0 Å². The minimum absolute atomic E-state index is 0.0979. The molecule has 30 heavy (non-hydrogen) atoms. The van der Waals surface area contributed by atoms with Crippen molar-refractivity contribution in [3.63, 3.8) is 0 Å². The van der Waals surface area contributed by atoms with Crippen molar-refractivity contribution in [2.75, 3.05) is 39.8 Å². The number of aliphatic hydroxyl groups is 1. The van der Waals surface area contributed by atoms with E-state index >= 15 is 0 Å². The molecule has 3 aliphatic rings. The second kappa shape index (κ2) is 9.37. The summed E-state index contributed by atoms with van der Waals surface area (Å²) >= 11 is 0. The number of amides is 1. The molecule has 2 N–H and O–H groups in total. The minimum Gasteiger partial charge on any atom is -0.389 e. The van der Waals surface area contributed by atoms with Crippen LogP contribution in [-0.2, 0) is 19.4 Å². The lowest BCUT2D eigenvalue weighted by atomic mass is 9.84. The van der Waals surface area contributed by atoms with Gasteiger partial charge < -0.3 is 20.2 Å². The van der Waals surface area contributed by atoms with Gasteiger partial charge in [-0.1, -0.05) is 26.2 Å². The van der Waals surface area contributed by atoms with Gasteiger partial charge in [-0.3, -0.25) is 9.48 Å². The summed E-state index contributed by atoms with van der Waals surface area (Å²) in [5, 5.41) is 19.3. The molecule has 0 aromatic carbocycles. The van der Waals surface area contributed by atoms with Gasteiger partial charge in [0, 0.05) is 56.6 Å². The minimum atomic E-state index is -0.552. The van der Waals surface area contributed by atoms with E-state index in [9.17, 15) is 9.90 Å². The van der Waals surface area contributed by atoms with E-state index in [4.69, 9.17) is 5.10 Å². The van der Waals surface area contributed by atoms with Crippen LogP contribution in [-0.4, -0.2) is 82.0 Å². The van der Waals surface area contributed by atoms with Crippen LogP contribution in [0, 0.1) is 0 Å². The van der Waals surface area contributed by atoms with Gasteiger partial charge in [0.2, 0.25) is 0 Å². The van der Waals surface area contributed by atoms with E-state index in [0.29, 0.717) is 18.3 Å². The number of nitrogens with zero attached hydrogens (tertiary/aromatic N) is 4. The van der Waals surface area contributed by atoms with E-state index in [1.807, 2.05) is 4.90 Å². The van der Waals surface area contributed by atoms with Crippen molar-refractivity contribution in [3.8, 4) is 0 Å². The summed E-state index contributed by atoms with van der Waals surface area (Å²) in [6, 6.07) is 0.307. The zero-order valence-corrected chi connectivity index (χ0v) is 18.8. The van der Waals surface area contributed by atoms with Crippen LogP contribution in [0.1, 0.15) is 73.6 Å². The van der Waals surface area contributed by atoms with Gasteiger partial charge in [0.1, 0.15) is 0 Å². The summed E-state index contributed by atoms with van der Waals surface area (Å²) < 4.78 is 2.09. The molecule has 0 radical (unpaired) electrons. The van der Waals surface area contributed by atoms with Gasteiger partial charge in [-0.05, 0) is 45.6 Å². The molecular weight excluding hydrogens is 378 g/mol. The Bertz CT molecular complexity index is 732. The number of rotatable bonds is 6. The molecule has 0 spiro atoms. The first-order valence-electron chi connectivity index (χ1n) is 12.0. The Labute approximate surface area is 180 Å². The van der Waals surface area contributed by atoms with Crippen LogP contribution in [0.25, 0.3) is 0 Å². The Kier molecular flexibility index (Phi) is 6.80. The van der Waals surface area contributed by atoms with E-state index < -0.39 is 5.60 Å². The van der Waals surface area contributed by atoms with Gasteiger partial charge >= 0.3 is 0 Å². The SMILES string of the molecule is CCCn1nc(C(=O)N2CCN(C)CC2)c2c1CC[C@H](NCC1(O)CCCCC1)C2. The first kappa shape index (κ1) is 21.8. The fraction of sp³-hybridized carbons (Fsp3) is 0.826. The number of piperazine rings is 1. The van der Waals surface area contributed by atoms with Crippen molar-refractivity contribution < 1.29 is 9.90 Å². The highest BCUT2D eigenvalue weighted by Gasteiger charge is 2.34. The number of hydrogen-bond donors (Lipinski definition) is 2. The Morgan fingerprint density at radius 1 is 1.20 bits per heavy atom. The summed E-state index contributed by atoms with van der Waals surface area (Å²) in [5.74, 6) is 0.0979. The summed E-state index contributed by atoms with van der Waals surface area (Å²) in [4.78, 5) is 17.6. The average Bonchev–Trinajstić information content (AvgIpc) is 3.11. The maximum Gasteiger partial charge on any atom is 0.274 e. The number of carbonyl (C=O) groups is 1. The number of hydrogen-bond acceptors (Lipinski definition) is 5. The molecule has 7 heteroatoms. The summed E-state index contributed by atoms with van der Waals surface area (Å²) in [5.41, 5.74) is 2.52. The van der Waals surface area contributed by atoms with Crippen LogP contribution in [0.15, 0.2) is 0 Å². The zero-order valence-electron chi connectivity index (χ0n) is 18.8. The number of likely N-dealkylation sites (N-methyl/N-ethyl adjacent to an activating group) is 1. The van der Waals surface area contributed by atoms with Gasteiger partial charge in [-0.15, -0.1) is 0 Å². The predicted molar refractivity (Wildman–Crippen MR) is 118 cm³/mol. The molecule has 168 valence electrons. The van der Waals surface area contributed by atoms with Crippen molar-refractivity contribution in [3.05, 3.63) is 17.0 Å². The Balaban J connectivity index is 1.47. The number of aryl methyl sites for hydroxylation is 1. The fourth-order valence-corrected chi connectivity index (χ4v) is 5.31. The second-order valence-corrected chi connectivity index (χ2v) is 9.70. The van der Waals surface area contributed by atoms with E-state index in [2.05, 4.69) is 28.9 Å². The van der Waals surface area contributed by atoms with E-state index in [1.54, 1.807) is 0 Å². The summed E-state index contributed by atoms with van der Waals surface area (Å²) in [6.07, 6.45) is 9.15. The molecule has 0 unspecified atom stereocenters.